The molecule has 4 aliphatic rings. The molecule has 2 aliphatic heterocycles. The second-order valence-corrected chi connectivity index (χ2v) is 20.6. The van der Waals surface area contributed by atoms with Gasteiger partial charge in [-0.25, -0.2) is 0 Å². The van der Waals surface area contributed by atoms with Gasteiger partial charge in [-0.2, -0.15) is 0 Å². The minimum atomic E-state index is -0.409. The summed E-state index contributed by atoms with van der Waals surface area (Å²) in [5, 5.41) is 8.86. The normalized spacial score (nSPS) is 15.3. The van der Waals surface area contributed by atoms with Gasteiger partial charge in [0.25, 0.3) is 0 Å². The Morgan fingerprint density at radius 3 is 1.42 bits per heavy atom. The van der Waals surface area contributed by atoms with Crippen molar-refractivity contribution in [2.24, 2.45) is 5.11 Å². The van der Waals surface area contributed by atoms with E-state index < -0.39 is 10.8 Å². The van der Waals surface area contributed by atoms with Crippen molar-refractivity contribution in [1.29, 1.82) is 0 Å². The Morgan fingerprint density at radius 2 is 1.03 bits per heavy atom. The van der Waals surface area contributed by atoms with E-state index in [2.05, 4.69) is 108 Å². The number of fused-ring (bicyclic) bond motifs is 4. The van der Waals surface area contributed by atoms with Crippen molar-refractivity contribution >= 4 is 39.3 Å². The average Bonchev–Trinajstić information content (AvgIpc) is 4.11. The van der Waals surface area contributed by atoms with Gasteiger partial charge in [-0.05, 0) is 114 Å². The maximum absolute atomic E-state index is 13.5. The van der Waals surface area contributed by atoms with Gasteiger partial charge in [0.1, 0.15) is 11.6 Å². The molecule has 6 aromatic rings. The van der Waals surface area contributed by atoms with Crippen LogP contribution in [0.25, 0.3) is 32.2 Å². The fourth-order valence-corrected chi connectivity index (χ4v) is 9.92. The summed E-state index contributed by atoms with van der Waals surface area (Å²) in [6.45, 7) is 25.5. The SMILES string of the molecule is CC.CC.CC(=O)NCCn1c(C(C)(C)C)cc2cc(CC(=O)C3(c4ccc5c(c4)OCO5)CC3)ccc21.CC(C)(C)c1cc2cc(CC(=O)C3(c4ccc5c(c4)OCO5)CC3)ccc2n1CCN=[N+]=[N-]. The van der Waals surface area contributed by atoms with Gasteiger partial charge in [-0.3, -0.25) is 14.4 Å². The molecule has 0 atom stereocenters. The highest BCUT2D eigenvalue weighted by molar-refractivity contribution is 5.96. The van der Waals surface area contributed by atoms with Crippen LogP contribution in [0.4, 0.5) is 0 Å². The Labute approximate surface area is 418 Å². The number of rotatable bonds is 14. The first-order valence-electron chi connectivity index (χ1n) is 25.4. The summed E-state index contributed by atoms with van der Waals surface area (Å²) in [5.41, 5.74) is 16.5. The van der Waals surface area contributed by atoms with E-state index in [0.29, 0.717) is 39.0 Å². The second-order valence-electron chi connectivity index (χ2n) is 20.6. The smallest absolute Gasteiger partial charge is 0.231 e. The van der Waals surface area contributed by atoms with Crippen LogP contribution in [0.5, 0.6) is 23.0 Å². The summed E-state index contributed by atoms with van der Waals surface area (Å²) in [4.78, 5) is 41.1. The lowest BCUT2D eigenvalue weighted by Crippen LogP contribution is -2.26. The maximum Gasteiger partial charge on any atom is 0.231 e. The minimum Gasteiger partial charge on any atom is -0.454 e. The van der Waals surface area contributed by atoms with Crippen LogP contribution in [0.2, 0.25) is 0 Å². The van der Waals surface area contributed by atoms with E-state index in [4.69, 9.17) is 24.5 Å². The number of ether oxygens (including phenoxy) is 4. The molecule has 4 heterocycles. The standard InChI is InChI=1S/C28H32N2O4.C26H28N4O3.2C2H6/c1-18(31)29-11-12-30-22-7-5-19(13-20(22)15-25(30)27(2,3)4)14-26(32)28(9-10-28)21-6-8-23-24(16-21)34-17-33-23;1-25(2,3)23-14-18-12-17(4-6-20(18)30(23)11-10-28-29-27)13-24(31)26(8-9-26)19-5-7-21-22(15-19)33-16-32-21;2*1-2/h5-8,13,15-16H,9-12,14,17H2,1-4H3,(H,29,31);4-7,12,14-15H,8-11,13,16H2,1-3H3;2*1-2H3. The predicted octanol–water partition coefficient (Wildman–Crippen LogP) is 12.5. The Hall–Kier alpha value is -6.72. The van der Waals surface area contributed by atoms with Crippen molar-refractivity contribution in [3.05, 3.63) is 129 Å². The molecule has 2 fully saturated rings. The Kier molecular flexibility index (Phi) is 15.7. The monoisotopic (exact) mass is 965 g/mol. The van der Waals surface area contributed by atoms with Crippen LogP contribution in [0.15, 0.2) is 90.0 Å². The zero-order chi connectivity index (χ0) is 51.3. The number of nitrogens with one attached hydrogen (secondary N) is 1. The van der Waals surface area contributed by atoms with Crippen LogP contribution < -0.4 is 24.3 Å². The third-order valence-electron chi connectivity index (χ3n) is 13.8. The molecule has 0 spiro atoms. The zero-order valence-electron chi connectivity index (χ0n) is 43.7. The highest BCUT2D eigenvalue weighted by Crippen LogP contribution is 2.53. The lowest BCUT2D eigenvalue weighted by atomic mass is 9.87. The second kappa shape index (κ2) is 21.3. The van der Waals surface area contributed by atoms with E-state index in [1.807, 2.05) is 70.2 Å². The van der Waals surface area contributed by atoms with Crippen molar-refractivity contribution < 1.29 is 33.3 Å². The Bertz CT molecular complexity index is 2970. The first kappa shape index (κ1) is 52.1. The molecule has 0 bridgehead atoms. The van der Waals surface area contributed by atoms with Crippen molar-refractivity contribution in [1.82, 2.24) is 14.5 Å². The van der Waals surface area contributed by atoms with Crippen molar-refractivity contribution in [3.63, 3.8) is 0 Å². The number of benzene rings is 4. The molecule has 4 aromatic carbocycles. The van der Waals surface area contributed by atoms with Crippen LogP contribution in [-0.2, 0) is 62.0 Å². The molecule has 13 nitrogen and oxygen atoms in total. The maximum atomic E-state index is 13.5. The molecule has 376 valence electrons. The van der Waals surface area contributed by atoms with Gasteiger partial charge >= 0.3 is 0 Å². The van der Waals surface area contributed by atoms with E-state index in [1.54, 1.807) is 0 Å². The molecule has 1 amide bonds. The highest BCUT2D eigenvalue weighted by atomic mass is 16.7. The molecule has 0 unspecified atom stereocenters. The third kappa shape index (κ3) is 11.1. The number of azide groups is 1. The van der Waals surface area contributed by atoms with Crippen molar-refractivity contribution in [3.8, 4) is 23.0 Å². The molecular formula is C58H72N6O7. The minimum absolute atomic E-state index is 0.0222. The predicted molar refractivity (Wildman–Crippen MR) is 281 cm³/mol. The first-order chi connectivity index (χ1) is 34.0. The average molecular weight is 965 g/mol. The fourth-order valence-electron chi connectivity index (χ4n) is 9.92. The van der Waals surface area contributed by atoms with E-state index in [-0.39, 0.29) is 41.9 Å². The van der Waals surface area contributed by atoms with Crippen LogP contribution in [0, 0.1) is 0 Å². The van der Waals surface area contributed by atoms with Crippen LogP contribution >= 0.6 is 0 Å². The molecular weight excluding hydrogens is 893 g/mol. The summed E-state index contributed by atoms with van der Waals surface area (Å²) < 4.78 is 26.4. The van der Waals surface area contributed by atoms with Gasteiger partial charge in [0.05, 0.1) is 10.8 Å². The van der Waals surface area contributed by atoms with Crippen molar-refractivity contribution in [2.75, 3.05) is 26.7 Å². The Balaban J connectivity index is 0.000000195. The zero-order valence-corrected chi connectivity index (χ0v) is 43.7. The summed E-state index contributed by atoms with van der Waals surface area (Å²) in [6, 6.07) is 28.8. The quantitative estimate of drug-likeness (QED) is 0.0646. The van der Waals surface area contributed by atoms with Crippen molar-refractivity contribution in [2.45, 2.75) is 149 Å². The number of Topliss-reactive ketones (excluding diaryl/α,β-unsaturated/α-hetero) is 2. The van der Waals surface area contributed by atoms with Gasteiger partial charge in [0.2, 0.25) is 19.5 Å². The number of hydrogen-bond acceptors (Lipinski definition) is 8. The van der Waals surface area contributed by atoms with Gasteiger partial charge in [-0.15, -0.1) is 0 Å². The summed E-state index contributed by atoms with van der Waals surface area (Å²) >= 11 is 0. The van der Waals surface area contributed by atoms with Gasteiger partial charge < -0.3 is 33.4 Å². The summed E-state index contributed by atoms with van der Waals surface area (Å²) in [7, 11) is 0. The fraction of sp³-hybridized carbons (Fsp3) is 0.466. The molecule has 0 radical (unpaired) electrons. The Morgan fingerprint density at radius 1 is 0.606 bits per heavy atom. The summed E-state index contributed by atoms with van der Waals surface area (Å²) in [6.07, 6.45) is 4.31. The number of hydrogen-bond donors (Lipinski definition) is 1. The molecule has 2 aromatic heterocycles. The lowest BCUT2D eigenvalue weighted by Gasteiger charge is -2.22. The lowest BCUT2D eigenvalue weighted by molar-refractivity contribution is -0.121. The molecule has 2 aliphatic carbocycles. The highest BCUT2D eigenvalue weighted by Gasteiger charge is 2.52. The van der Waals surface area contributed by atoms with Crippen LogP contribution in [0.3, 0.4) is 0 Å². The largest absolute Gasteiger partial charge is 0.454 e. The number of amides is 1. The molecule has 71 heavy (non-hydrogen) atoms. The van der Waals surface area contributed by atoms with E-state index in [9.17, 15) is 14.4 Å². The van der Waals surface area contributed by atoms with E-state index in [1.165, 1.54) is 18.3 Å². The number of carbonyl (C=O) groups excluding carboxylic acids is 3. The summed E-state index contributed by atoms with van der Waals surface area (Å²) in [5.74, 6) is 3.43. The molecule has 13 heteroatoms. The molecule has 1 N–H and O–H groups in total. The topological polar surface area (TPSA) is 159 Å². The number of ketones is 2. The first-order valence-corrected chi connectivity index (χ1v) is 25.4. The molecule has 10 rings (SSSR count). The van der Waals surface area contributed by atoms with Gasteiger partial charge in [0, 0.05) is 94.9 Å². The van der Waals surface area contributed by atoms with E-state index >= 15 is 0 Å². The van der Waals surface area contributed by atoms with Gasteiger partial charge in [0.15, 0.2) is 23.0 Å². The van der Waals surface area contributed by atoms with Crippen LogP contribution in [-0.4, -0.2) is 53.3 Å². The number of nitrogens with zero attached hydrogens (tertiary/aromatic N) is 5. The molecule has 2 saturated carbocycles. The third-order valence-corrected chi connectivity index (χ3v) is 13.8. The van der Waals surface area contributed by atoms with Crippen LogP contribution in [0.1, 0.15) is 135 Å². The molecule has 0 saturated heterocycles. The number of aromatic nitrogens is 2. The number of carbonyl (C=O) groups is 3. The van der Waals surface area contributed by atoms with E-state index in [0.717, 1.165) is 92.7 Å². The van der Waals surface area contributed by atoms with Gasteiger partial charge in [-0.1, -0.05) is 98.6 Å².